The van der Waals surface area contributed by atoms with Crippen molar-refractivity contribution in [1.82, 2.24) is 9.38 Å². The average Bonchev–Trinajstić information content (AvgIpc) is 2.80. The van der Waals surface area contributed by atoms with Gasteiger partial charge >= 0.3 is 0 Å². The first kappa shape index (κ1) is 12.1. The monoisotopic (exact) mass is 314 g/mol. The number of hydrogen-bond acceptors (Lipinski definition) is 2. The number of halogens is 1. The Balaban J connectivity index is 2.35. The summed E-state index contributed by atoms with van der Waals surface area (Å²) in [4.78, 5) is 15.6. The summed E-state index contributed by atoms with van der Waals surface area (Å²) in [6.07, 6.45) is 0.791. The van der Waals surface area contributed by atoms with Gasteiger partial charge in [0, 0.05) is 5.56 Å². The standard InChI is InChI=1S/C15H11BrN2O/c1-10-5-7-11(8-6-10)15-17-12(9-19)13-3-2-4-14(16)18(13)15/h2-9H,1H3. The molecule has 1 aromatic carbocycles. The van der Waals surface area contributed by atoms with Crippen molar-refractivity contribution in [2.24, 2.45) is 0 Å². The Morgan fingerprint density at radius 3 is 2.58 bits per heavy atom. The molecule has 3 rings (SSSR count). The summed E-state index contributed by atoms with van der Waals surface area (Å²) < 4.78 is 2.81. The molecule has 4 heteroatoms. The van der Waals surface area contributed by atoms with Gasteiger partial charge in [0.15, 0.2) is 6.29 Å². The number of aryl methyl sites for hydroxylation is 1. The zero-order chi connectivity index (χ0) is 13.4. The molecule has 2 heterocycles. The van der Waals surface area contributed by atoms with Crippen molar-refractivity contribution in [2.75, 3.05) is 0 Å². The molecular weight excluding hydrogens is 304 g/mol. The maximum atomic E-state index is 11.1. The highest BCUT2D eigenvalue weighted by Crippen LogP contribution is 2.26. The molecule has 0 aliphatic heterocycles. The Bertz CT molecular complexity index is 760. The summed E-state index contributed by atoms with van der Waals surface area (Å²) in [7, 11) is 0. The average molecular weight is 315 g/mol. The van der Waals surface area contributed by atoms with Crippen LogP contribution in [0.5, 0.6) is 0 Å². The zero-order valence-corrected chi connectivity index (χ0v) is 11.9. The second-order valence-corrected chi connectivity index (χ2v) is 5.19. The van der Waals surface area contributed by atoms with Gasteiger partial charge in [-0.1, -0.05) is 35.9 Å². The minimum Gasteiger partial charge on any atom is -0.296 e. The van der Waals surface area contributed by atoms with E-state index < -0.39 is 0 Å². The van der Waals surface area contributed by atoms with Crippen molar-refractivity contribution in [3.63, 3.8) is 0 Å². The number of pyridine rings is 1. The van der Waals surface area contributed by atoms with Crippen LogP contribution in [0.15, 0.2) is 47.1 Å². The van der Waals surface area contributed by atoms with Gasteiger partial charge in [0.2, 0.25) is 0 Å². The molecule has 0 unspecified atom stereocenters. The molecule has 0 saturated carbocycles. The van der Waals surface area contributed by atoms with Crippen molar-refractivity contribution in [3.05, 3.63) is 58.3 Å². The summed E-state index contributed by atoms with van der Waals surface area (Å²) in [5.74, 6) is 0.768. The lowest BCUT2D eigenvalue weighted by molar-refractivity contribution is 0.112. The van der Waals surface area contributed by atoms with Crippen LogP contribution in [0.4, 0.5) is 0 Å². The topological polar surface area (TPSA) is 34.4 Å². The Morgan fingerprint density at radius 2 is 1.89 bits per heavy atom. The first-order valence-electron chi connectivity index (χ1n) is 5.90. The maximum Gasteiger partial charge on any atom is 0.170 e. The molecule has 3 nitrogen and oxygen atoms in total. The lowest BCUT2D eigenvalue weighted by Gasteiger charge is -2.04. The molecule has 0 fully saturated rings. The molecule has 0 amide bonds. The predicted octanol–water partition coefficient (Wildman–Crippen LogP) is 3.88. The smallest absolute Gasteiger partial charge is 0.170 e. The molecule has 2 aromatic heterocycles. The van der Waals surface area contributed by atoms with E-state index in [0.29, 0.717) is 5.69 Å². The third-order valence-corrected chi connectivity index (χ3v) is 3.68. The van der Waals surface area contributed by atoms with Crippen LogP contribution >= 0.6 is 15.9 Å². The molecule has 0 atom stereocenters. The fourth-order valence-electron chi connectivity index (χ4n) is 2.10. The van der Waals surface area contributed by atoms with E-state index in [0.717, 1.165) is 27.8 Å². The molecule has 19 heavy (non-hydrogen) atoms. The van der Waals surface area contributed by atoms with Crippen LogP contribution in [0.25, 0.3) is 16.9 Å². The molecule has 0 aliphatic carbocycles. The van der Waals surface area contributed by atoms with E-state index >= 15 is 0 Å². The number of aldehydes is 1. The van der Waals surface area contributed by atoms with Gasteiger partial charge in [0.05, 0.1) is 10.1 Å². The number of hydrogen-bond donors (Lipinski definition) is 0. The number of aromatic nitrogens is 2. The molecule has 0 aliphatic rings. The fourth-order valence-corrected chi connectivity index (χ4v) is 2.61. The molecule has 0 radical (unpaired) electrons. The van der Waals surface area contributed by atoms with Gasteiger partial charge in [0.1, 0.15) is 11.5 Å². The number of imidazole rings is 1. The van der Waals surface area contributed by atoms with E-state index in [2.05, 4.69) is 20.9 Å². The summed E-state index contributed by atoms with van der Waals surface area (Å²) >= 11 is 3.51. The number of carbonyl (C=O) groups is 1. The maximum absolute atomic E-state index is 11.1. The van der Waals surface area contributed by atoms with Crippen LogP contribution in [0.1, 0.15) is 16.1 Å². The summed E-state index contributed by atoms with van der Waals surface area (Å²) in [6.45, 7) is 2.04. The first-order valence-corrected chi connectivity index (χ1v) is 6.69. The molecular formula is C15H11BrN2O. The van der Waals surface area contributed by atoms with E-state index in [1.54, 1.807) is 0 Å². The van der Waals surface area contributed by atoms with Gasteiger partial charge < -0.3 is 0 Å². The highest BCUT2D eigenvalue weighted by Gasteiger charge is 2.13. The molecule has 3 aromatic rings. The van der Waals surface area contributed by atoms with E-state index in [1.807, 2.05) is 53.8 Å². The van der Waals surface area contributed by atoms with Gasteiger partial charge in [-0.05, 0) is 35.0 Å². The minimum absolute atomic E-state index is 0.455. The van der Waals surface area contributed by atoms with Crippen LogP contribution < -0.4 is 0 Å². The van der Waals surface area contributed by atoms with Crippen molar-refractivity contribution >= 4 is 27.7 Å². The lowest BCUT2D eigenvalue weighted by Crippen LogP contribution is -1.91. The van der Waals surface area contributed by atoms with Crippen LogP contribution in [0, 0.1) is 6.92 Å². The number of nitrogens with zero attached hydrogens (tertiary/aromatic N) is 2. The molecule has 0 saturated heterocycles. The normalized spacial score (nSPS) is 10.8. The van der Waals surface area contributed by atoms with Gasteiger partial charge in [-0.3, -0.25) is 9.20 Å². The SMILES string of the molecule is Cc1ccc(-c2nc(C=O)c3cccc(Br)n23)cc1. The van der Waals surface area contributed by atoms with Gasteiger partial charge in [0.25, 0.3) is 0 Å². The van der Waals surface area contributed by atoms with E-state index in [4.69, 9.17) is 0 Å². The third kappa shape index (κ3) is 1.98. The summed E-state index contributed by atoms with van der Waals surface area (Å²) in [5, 5.41) is 0. The van der Waals surface area contributed by atoms with Crippen molar-refractivity contribution in [2.45, 2.75) is 6.92 Å². The second-order valence-electron chi connectivity index (χ2n) is 4.37. The molecule has 0 spiro atoms. The van der Waals surface area contributed by atoms with Crippen LogP contribution in [0.3, 0.4) is 0 Å². The zero-order valence-electron chi connectivity index (χ0n) is 10.3. The van der Waals surface area contributed by atoms with Crippen molar-refractivity contribution in [1.29, 1.82) is 0 Å². The van der Waals surface area contributed by atoms with Crippen LogP contribution in [-0.4, -0.2) is 15.7 Å². The Hall–Kier alpha value is -1.94. The number of fused-ring (bicyclic) bond motifs is 1. The second kappa shape index (κ2) is 4.63. The highest BCUT2D eigenvalue weighted by atomic mass is 79.9. The van der Waals surface area contributed by atoms with E-state index in [-0.39, 0.29) is 0 Å². The van der Waals surface area contributed by atoms with Crippen LogP contribution in [0.2, 0.25) is 0 Å². The van der Waals surface area contributed by atoms with Gasteiger partial charge in [-0.2, -0.15) is 0 Å². The molecule has 94 valence electrons. The first-order chi connectivity index (χ1) is 9.20. The minimum atomic E-state index is 0.455. The Kier molecular flexibility index (Phi) is 2.95. The highest BCUT2D eigenvalue weighted by molar-refractivity contribution is 9.10. The molecule has 0 bridgehead atoms. The Labute approximate surface area is 119 Å². The van der Waals surface area contributed by atoms with E-state index in [9.17, 15) is 4.79 Å². The van der Waals surface area contributed by atoms with Gasteiger partial charge in [-0.25, -0.2) is 4.98 Å². The number of benzene rings is 1. The Morgan fingerprint density at radius 1 is 1.16 bits per heavy atom. The van der Waals surface area contributed by atoms with Crippen molar-refractivity contribution in [3.8, 4) is 11.4 Å². The summed E-state index contributed by atoms with van der Waals surface area (Å²) in [5.41, 5.74) is 3.44. The molecule has 0 N–H and O–H groups in total. The largest absolute Gasteiger partial charge is 0.296 e. The van der Waals surface area contributed by atoms with E-state index in [1.165, 1.54) is 5.56 Å². The van der Waals surface area contributed by atoms with Crippen molar-refractivity contribution < 1.29 is 4.79 Å². The predicted molar refractivity (Wildman–Crippen MR) is 78.5 cm³/mol. The number of carbonyl (C=O) groups excluding carboxylic acids is 1. The van der Waals surface area contributed by atoms with Gasteiger partial charge in [-0.15, -0.1) is 0 Å². The quantitative estimate of drug-likeness (QED) is 0.531. The van der Waals surface area contributed by atoms with Crippen LogP contribution in [-0.2, 0) is 0 Å². The summed E-state index contributed by atoms with van der Waals surface area (Å²) in [6, 6.07) is 13.8. The fraction of sp³-hybridized carbons (Fsp3) is 0.0667. The number of rotatable bonds is 2. The third-order valence-electron chi connectivity index (χ3n) is 3.06. The lowest BCUT2D eigenvalue weighted by atomic mass is 10.1.